The minimum Gasteiger partial charge on any atom is -0.301 e. The number of nitrogens with zero attached hydrogens (tertiary/aromatic N) is 3. The highest BCUT2D eigenvalue weighted by molar-refractivity contribution is 7.15. The number of amides is 1. The zero-order valence-corrected chi connectivity index (χ0v) is 16.3. The van der Waals surface area contributed by atoms with Crippen molar-refractivity contribution >= 4 is 22.4 Å². The molecule has 0 fully saturated rings. The number of aryl methyl sites for hydroxylation is 3. The second-order valence-electron chi connectivity index (χ2n) is 6.66. The molecule has 136 valence electrons. The lowest BCUT2D eigenvalue weighted by atomic mass is 9.96. The van der Waals surface area contributed by atoms with Crippen LogP contribution in [0.3, 0.4) is 0 Å². The van der Waals surface area contributed by atoms with Gasteiger partial charge in [0, 0.05) is 18.5 Å². The summed E-state index contributed by atoms with van der Waals surface area (Å²) < 4.78 is 0. The lowest BCUT2D eigenvalue weighted by Crippen LogP contribution is -2.14. The van der Waals surface area contributed by atoms with Crippen molar-refractivity contribution in [3.63, 3.8) is 0 Å². The summed E-state index contributed by atoms with van der Waals surface area (Å²) in [6, 6.07) is 8.35. The molecule has 0 radical (unpaired) electrons. The number of hydrogen-bond acceptors (Lipinski definition) is 5. The van der Waals surface area contributed by atoms with E-state index in [0.717, 1.165) is 28.4 Å². The molecule has 0 aliphatic heterocycles. The molecule has 2 heterocycles. The Labute approximate surface area is 157 Å². The first-order valence-electron chi connectivity index (χ1n) is 8.61. The van der Waals surface area contributed by atoms with Crippen LogP contribution in [0.2, 0.25) is 0 Å². The van der Waals surface area contributed by atoms with Gasteiger partial charge < -0.3 is 5.32 Å². The molecule has 1 unspecified atom stereocenters. The molecule has 0 aliphatic carbocycles. The Morgan fingerprint density at radius 2 is 1.92 bits per heavy atom. The third-order valence-corrected chi connectivity index (χ3v) is 5.20. The summed E-state index contributed by atoms with van der Waals surface area (Å²) >= 11 is 1.42. The SMILES string of the molecule is Cc1ccc(Cc2nnc(NC(=O)CC(C)c3c(C)n[nH]c3C)s2)cc1. The van der Waals surface area contributed by atoms with Gasteiger partial charge in [-0.3, -0.25) is 9.89 Å². The Hall–Kier alpha value is -2.54. The van der Waals surface area contributed by atoms with Gasteiger partial charge in [-0.25, -0.2) is 0 Å². The Balaban J connectivity index is 1.58. The Kier molecular flexibility index (Phi) is 5.46. The summed E-state index contributed by atoms with van der Waals surface area (Å²) in [7, 11) is 0. The van der Waals surface area contributed by atoms with Crippen LogP contribution in [-0.4, -0.2) is 26.3 Å². The standard InChI is InChI=1S/C19H23N5OS/c1-11-5-7-15(8-6-11)10-17-23-24-19(26-17)20-16(25)9-12(2)18-13(3)21-22-14(18)4/h5-8,12H,9-10H2,1-4H3,(H,21,22)(H,20,24,25). The van der Waals surface area contributed by atoms with Crippen LogP contribution >= 0.6 is 11.3 Å². The highest BCUT2D eigenvalue weighted by Gasteiger charge is 2.18. The topological polar surface area (TPSA) is 83.6 Å². The predicted molar refractivity (Wildman–Crippen MR) is 104 cm³/mol. The van der Waals surface area contributed by atoms with Crippen molar-refractivity contribution in [2.24, 2.45) is 0 Å². The van der Waals surface area contributed by atoms with E-state index in [-0.39, 0.29) is 11.8 Å². The average Bonchev–Trinajstić information content (AvgIpc) is 3.15. The van der Waals surface area contributed by atoms with Crippen molar-refractivity contribution in [1.29, 1.82) is 0 Å². The van der Waals surface area contributed by atoms with Gasteiger partial charge in [0.15, 0.2) is 0 Å². The molecule has 0 saturated heterocycles. The van der Waals surface area contributed by atoms with E-state index in [2.05, 4.69) is 56.9 Å². The second-order valence-corrected chi connectivity index (χ2v) is 7.73. The van der Waals surface area contributed by atoms with Crippen molar-refractivity contribution in [2.45, 2.75) is 46.5 Å². The summed E-state index contributed by atoms with van der Waals surface area (Å²) in [4.78, 5) is 12.3. The van der Waals surface area contributed by atoms with Gasteiger partial charge >= 0.3 is 0 Å². The number of aromatic nitrogens is 4. The van der Waals surface area contributed by atoms with Crippen LogP contribution in [0.15, 0.2) is 24.3 Å². The van der Waals surface area contributed by atoms with Crippen molar-refractivity contribution < 1.29 is 4.79 Å². The minimum atomic E-state index is -0.0597. The zero-order valence-electron chi connectivity index (χ0n) is 15.5. The fourth-order valence-corrected chi connectivity index (χ4v) is 3.88. The zero-order chi connectivity index (χ0) is 18.7. The van der Waals surface area contributed by atoms with Crippen LogP contribution in [0.25, 0.3) is 0 Å². The largest absolute Gasteiger partial charge is 0.301 e. The molecule has 0 saturated carbocycles. The summed E-state index contributed by atoms with van der Waals surface area (Å²) in [5, 5.41) is 19.7. The van der Waals surface area contributed by atoms with E-state index in [1.54, 1.807) is 0 Å². The Morgan fingerprint density at radius 3 is 2.58 bits per heavy atom. The normalized spacial score (nSPS) is 12.2. The summed E-state index contributed by atoms with van der Waals surface area (Å²) in [5.41, 5.74) is 5.48. The van der Waals surface area contributed by atoms with Crippen LogP contribution in [0, 0.1) is 20.8 Å². The molecule has 3 rings (SSSR count). The molecule has 6 nitrogen and oxygen atoms in total. The number of nitrogens with one attached hydrogen (secondary N) is 2. The molecule has 2 aromatic heterocycles. The first-order valence-corrected chi connectivity index (χ1v) is 9.43. The van der Waals surface area contributed by atoms with Crippen molar-refractivity contribution in [1.82, 2.24) is 20.4 Å². The fourth-order valence-electron chi connectivity index (χ4n) is 3.09. The van der Waals surface area contributed by atoms with Gasteiger partial charge in [0.1, 0.15) is 5.01 Å². The molecule has 7 heteroatoms. The molecule has 3 aromatic rings. The molecule has 26 heavy (non-hydrogen) atoms. The first-order chi connectivity index (χ1) is 12.4. The lowest BCUT2D eigenvalue weighted by molar-refractivity contribution is -0.116. The van der Waals surface area contributed by atoms with Gasteiger partial charge in [-0.1, -0.05) is 48.1 Å². The van der Waals surface area contributed by atoms with E-state index >= 15 is 0 Å². The number of benzene rings is 1. The molecule has 1 atom stereocenters. The number of hydrogen-bond donors (Lipinski definition) is 2. The molecule has 1 amide bonds. The Morgan fingerprint density at radius 1 is 1.19 bits per heavy atom. The average molecular weight is 369 g/mol. The summed E-state index contributed by atoms with van der Waals surface area (Å²) in [5.74, 6) is 0.0317. The van der Waals surface area contributed by atoms with Crippen LogP contribution in [-0.2, 0) is 11.2 Å². The molecular weight excluding hydrogens is 346 g/mol. The van der Waals surface area contributed by atoms with Gasteiger partial charge in [-0.2, -0.15) is 5.10 Å². The number of carbonyl (C=O) groups is 1. The van der Waals surface area contributed by atoms with E-state index in [0.29, 0.717) is 11.6 Å². The van der Waals surface area contributed by atoms with E-state index in [4.69, 9.17) is 0 Å². The van der Waals surface area contributed by atoms with Crippen molar-refractivity contribution in [3.05, 3.63) is 57.4 Å². The van der Waals surface area contributed by atoms with Gasteiger partial charge in [-0.05, 0) is 37.8 Å². The van der Waals surface area contributed by atoms with Gasteiger partial charge in [0.05, 0.1) is 5.69 Å². The maximum atomic E-state index is 12.3. The monoisotopic (exact) mass is 369 g/mol. The van der Waals surface area contributed by atoms with E-state index < -0.39 is 0 Å². The highest BCUT2D eigenvalue weighted by atomic mass is 32.1. The number of anilines is 1. The maximum Gasteiger partial charge on any atom is 0.226 e. The van der Waals surface area contributed by atoms with Gasteiger partial charge in [0.2, 0.25) is 11.0 Å². The van der Waals surface area contributed by atoms with Gasteiger partial charge in [0.25, 0.3) is 0 Å². The third kappa shape index (κ3) is 4.35. The number of H-pyrrole nitrogens is 1. The summed E-state index contributed by atoms with van der Waals surface area (Å²) in [6.07, 6.45) is 1.10. The van der Waals surface area contributed by atoms with Crippen molar-refractivity contribution in [2.75, 3.05) is 5.32 Å². The molecule has 0 spiro atoms. The Bertz CT molecular complexity index is 878. The van der Waals surface area contributed by atoms with Crippen LogP contribution in [0.4, 0.5) is 5.13 Å². The number of rotatable bonds is 6. The first kappa shape index (κ1) is 18.3. The molecule has 2 N–H and O–H groups in total. The third-order valence-electron chi connectivity index (χ3n) is 4.36. The fraction of sp³-hybridized carbons (Fsp3) is 0.368. The predicted octanol–water partition coefficient (Wildman–Crippen LogP) is 3.91. The van der Waals surface area contributed by atoms with Crippen LogP contribution in [0.1, 0.15) is 52.3 Å². The number of aromatic amines is 1. The summed E-state index contributed by atoms with van der Waals surface area (Å²) in [6.45, 7) is 8.03. The van der Waals surface area contributed by atoms with Crippen molar-refractivity contribution in [3.8, 4) is 0 Å². The van der Waals surface area contributed by atoms with Crippen LogP contribution in [0.5, 0.6) is 0 Å². The molecule has 0 bridgehead atoms. The highest BCUT2D eigenvalue weighted by Crippen LogP contribution is 2.25. The quantitative estimate of drug-likeness (QED) is 0.690. The second kappa shape index (κ2) is 7.78. The smallest absolute Gasteiger partial charge is 0.226 e. The maximum absolute atomic E-state index is 12.3. The van der Waals surface area contributed by atoms with E-state index in [1.807, 2.05) is 20.8 Å². The molecule has 1 aromatic carbocycles. The lowest BCUT2D eigenvalue weighted by Gasteiger charge is -2.11. The number of carbonyl (C=O) groups excluding carboxylic acids is 1. The van der Waals surface area contributed by atoms with Crippen LogP contribution < -0.4 is 5.32 Å². The van der Waals surface area contributed by atoms with Gasteiger partial charge in [-0.15, -0.1) is 10.2 Å². The molecular formula is C19H23N5OS. The molecule has 0 aliphatic rings. The van der Waals surface area contributed by atoms with E-state index in [1.165, 1.54) is 22.5 Å². The minimum absolute atomic E-state index is 0.0597. The van der Waals surface area contributed by atoms with E-state index in [9.17, 15) is 4.79 Å².